The first-order chi connectivity index (χ1) is 14.2. The highest BCUT2D eigenvalue weighted by molar-refractivity contribution is 5.95. The maximum Gasteiger partial charge on any atom is 0.254 e. The summed E-state index contributed by atoms with van der Waals surface area (Å²) in [6.07, 6.45) is 12.2. The van der Waals surface area contributed by atoms with Gasteiger partial charge in [0.05, 0.1) is 0 Å². The predicted molar refractivity (Wildman–Crippen MR) is 114 cm³/mol. The van der Waals surface area contributed by atoms with Gasteiger partial charge in [0.25, 0.3) is 5.91 Å². The molecule has 0 bridgehead atoms. The highest BCUT2D eigenvalue weighted by atomic mass is 16.2. The molecule has 0 spiro atoms. The summed E-state index contributed by atoms with van der Waals surface area (Å²) < 4.78 is 2.00. The molecule has 1 aliphatic carbocycles. The van der Waals surface area contributed by atoms with Gasteiger partial charge in [-0.25, -0.2) is 0 Å². The molecular formula is C24H31N3O2. The molecule has 1 aliphatic heterocycles. The zero-order valence-electron chi connectivity index (χ0n) is 17.1. The molecule has 1 aromatic carbocycles. The smallest absolute Gasteiger partial charge is 0.254 e. The van der Waals surface area contributed by atoms with Crippen LogP contribution in [0.5, 0.6) is 0 Å². The van der Waals surface area contributed by atoms with Gasteiger partial charge < -0.3 is 14.4 Å². The second-order valence-corrected chi connectivity index (χ2v) is 8.36. The zero-order chi connectivity index (χ0) is 20.1. The molecule has 0 N–H and O–H groups in total. The third-order valence-corrected chi connectivity index (χ3v) is 6.41. The Morgan fingerprint density at radius 1 is 0.862 bits per heavy atom. The van der Waals surface area contributed by atoms with Crippen LogP contribution in [0.25, 0.3) is 5.69 Å². The highest BCUT2D eigenvalue weighted by Crippen LogP contribution is 2.27. The molecule has 4 rings (SSSR count). The minimum Gasteiger partial charge on any atom is -0.339 e. The lowest BCUT2D eigenvalue weighted by atomic mass is 9.86. The van der Waals surface area contributed by atoms with E-state index in [0.29, 0.717) is 38.2 Å². The van der Waals surface area contributed by atoms with Crippen molar-refractivity contribution in [3.63, 3.8) is 0 Å². The first-order valence-electron chi connectivity index (χ1n) is 11.0. The summed E-state index contributed by atoms with van der Waals surface area (Å²) in [6.45, 7) is 2.52. The van der Waals surface area contributed by atoms with Crippen LogP contribution >= 0.6 is 0 Å². The molecule has 29 heavy (non-hydrogen) atoms. The first-order valence-corrected chi connectivity index (χ1v) is 11.0. The minimum absolute atomic E-state index is 0.0494. The fourth-order valence-electron chi connectivity index (χ4n) is 4.61. The van der Waals surface area contributed by atoms with Gasteiger partial charge in [0.15, 0.2) is 0 Å². The van der Waals surface area contributed by atoms with Crippen molar-refractivity contribution in [1.82, 2.24) is 14.4 Å². The molecule has 1 saturated heterocycles. The molecule has 5 nitrogen and oxygen atoms in total. The van der Waals surface area contributed by atoms with Gasteiger partial charge in [0, 0.05) is 56.2 Å². The van der Waals surface area contributed by atoms with Crippen molar-refractivity contribution in [3.05, 3.63) is 54.4 Å². The molecule has 154 valence electrons. The lowest BCUT2D eigenvalue weighted by Gasteiger charge is -2.35. The SMILES string of the molecule is O=C(CCC1CCCCC1)N1CCN(C(=O)c2cccc(-n3cccc3)c2)CC1. The van der Waals surface area contributed by atoms with Crippen LogP contribution in [-0.4, -0.2) is 52.4 Å². The Morgan fingerprint density at radius 2 is 1.55 bits per heavy atom. The van der Waals surface area contributed by atoms with Crippen molar-refractivity contribution in [2.24, 2.45) is 5.92 Å². The van der Waals surface area contributed by atoms with Crippen molar-refractivity contribution >= 4 is 11.8 Å². The van der Waals surface area contributed by atoms with Crippen LogP contribution in [0.4, 0.5) is 0 Å². The molecule has 2 aromatic rings. The Labute approximate surface area is 173 Å². The van der Waals surface area contributed by atoms with Gasteiger partial charge in [0.2, 0.25) is 5.91 Å². The van der Waals surface area contributed by atoms with E-state index in [2.05, 4.69) is 0 Å². The average Bonchev–Trinajstić information content (AvgIpc) is 3.33. The van der Waals surface area contributed by atoms with E-state index >= 15 is 0 Å². The van der Waals surface area contributed by atoms with Crippen molar-refractivity contribution in [2.45, 2.75) is 44.9 Å². The van der Waals surface area contributed by atoms with Crippen molar-refractivity contribution < 1.29 is 9.59 Å². The van der Waals surface area contributed by atoms with E-state index in [9.17, 15) is 9.59 Å². The Balaban J connectivity index is 1.28. The summed E-state index contributed by atoms with van der Waals surface area (Å²) in [5.74, 6) is 1.05. The Hall–Kier alpha value is -2.56. The number of hydrogen-bond acceptors (Lipinski definition) is 2. The Kier molecular flexibility index (Phi) is 6.33. The number of benzene rings is 1. The van der Waals surface area contributed by atoms with Crippen molar-refractivity contribution in [1.29, 1.82) is 0 Å². The standard InChI is InChI=1S/C24H31N3O2/c28-23(12-11-20-7-2-1-3-8-20)26-15-17-27(18-16-26)24(29)21-9-6-10-22(19-21)25-13-4-5-14-25/h4-6,9-10,13-14,19-20H,1-3,7-8,11-12,15-18H2. The Morgan fingerprint density at radius 3 is 2.28 bits per heavy atom. The van der Waals surface area contributed by atoms with Gasteiger partial charge in [-0.1, -0.05) is 38.2 Å². The van der Waals surface area contributed by atoms with Crippen LogP contribution in [-0.2, 0) is 4.79 Å². The molecule has 0 radical (unpaired) electrons. The van der Waals surface area contributed by atoms with Crippen molar-refractivity contribution in [3.8, 4) is 5.69 Å². The second-order valence-electron chi connectivity index (χ2n) is 8.36. The Bertz CT molecular complexity index is 816. The van der Waals surface area contributed by atoms with E-state index in [0.717, 1.165) is 18.0 Å². The molecule has 0 atom stereocenters. The number of rotatable bonds is 5. The zero-order valence-corrected chi connectivity index (χ0v) is 17.1. The maximum atomic E-state index is 12.9. The number of carbonyl (C=O) groups excluding carboxylic acids is 2. The van der Waals surface area contributed by atoms with Crippen LogP contribution in [0.2, 0.25) is 0 Å². The lowest BCUT2D eigenvalue weighted by molar-refractivity contribution is -0.133. The van der Waals surface area contributed by atoms with Crippen LogP contribution in [0.15, 0.2) is 48.8 Å². The molecule has 2 heterocycles. The third-order valence-electron chi connectivity index (χ3n) is 6.41. The summed E-state index contributed by atoms with van der Waals surface area (Å²) in [4.78, 5) is 29.3. The topological polar surface area (TPSA) is 45.6 Å². The molecule has 2 aliphatic rings. The number of aromatic nitrogens is 1. The average molecular weight is 394 g/mol. The number of hydrogen-bond donors (Lipinski definition) is 0. The molecule has 2 amide bonds. The van der Waals surface area contributed by atoms with Gasteiger partial charge in [0.1, 0.15) is 0 Å². The fraction of sp³-hybridized carbons (Fsp3) is 0.500. The van der Waals surface area contributed by atoms with Gasteiger partial charge in [-0.05, 0) is 42.7 Å². The normalized spacial score (nSPS) is 18.1. The fourth-order valence-corrected chi connectivity index (χ4v) is 4.61. The van der Waals surface area contributed by atoms with Crippen LogP contribution in [0.3, 0.4) is 0 Å². The molecule has 2 fully saturated rings. The maximum absolute atomic E-state index is 12.9. The predicted octanol–water partition coefficient (Wildman–Crippen LogP) is 4.12. The van der Waals surface area contributed by atoms with E-state index in [4.69, 9.17) is 0 Å². The van der Waals surface area contributed by atoms with Gasteiger partial charge in [-0.2, -0.15) is 0 Å². The molecule has 0 unspecified atom stereocenters. The number of amides is 2. The van der Waals surface area contributed by atoms with E-state index in [1.807, 2.05) is 63.2 Å². The summed E-state index contributed by atoms with van der Waals surface area (Å²) in [6, 6.07) is 11.7. The lowest BCUT2D eigenvalue weighted by Crippen LogP contribution is -2.50. The van der Waals surface area contributed by atoms with E-state index in [1.54, 1.807) is 0 Å². The van der Waals surface area contributed by atoms with Crippen LogP contribution in [0, 0.1) is 5.92 Å². The minimum atomic E-state index is 0.0494. The summed E-state index contributed by atoms with van der Waals surface area (Å²) >= 11 is 0. The highest BCUT2D eigenvalue weighted by Gasteiger charge is 2.25. The first kappa shape index (κ1) is 19.7. The number of piperazine rings is 1. The molecule has 1 aromatic heterocycles. The van der Waals surface area contributed by atoms with Crippen LogP contribution in [0.1, 0.15) is 55.3 Å². The van der Waals surface area contributed by atoms with Gasteiger partial charge in [-0.15, -0.1) is 0 Å². The van der Waals surface area contributed by atoms with Gasteiger partial charge in [-0.3, -0.25) is 9.59 Å². The summed E-state index contributed by atoms with van der Waals surface area (Å²) in [5, 5.41) is 0. The van der Waals surface area contributed by atoms with E-state index < -0.39 is 0 Å². The number of nitrogens with zero attached hydrogens (tertiary/aromatic N) is 3. The summed E-state index contributed by atoms with van der Waals surface area (Å²) in [7, 11) is 0. The van der Waals surface area contributed by atoms with Crippen LogP contribution < -0.4 is 0 Å². The quantitative estimate of drug-likeness (QED) is 0.767. The van der Waals surface area contributed by atoms with Crippen molar-refractivity contribution in [2.75, 3.05) is 26.2 Å². The second kappa shape index (κ2) is 9.29. The molecule has 1 saturated carbocycles. The third kappa shape index (κ3) is 4.89. The monoisotopic (exact) mass is 393 g/mol. The van der Waals surface area contributed by atoms with E-state index in [-0.39, 0.29) is 11.8 Å². The number of carbonyl (C=O) groups is 2. The van der Waals surface area contributed by atoms with E-state index in [1.165, 1.54) is 32.1 Å². The largest absolute Gasteiger partial charge is 0.339 e. The summed E-state index contributed by atoms with van der Waals surface area (Å²) in [5.41, 5.74) is 1.69. The van der Waals surface area contributed by atoms with Gasteiger partial charge >= 0.3 is 0 Å². The molecule has 5 heteroatoms. The molecular weight excluding hydrogens is 362 g/mol.